The van der Waals surface area contributed by atoms with Crippen LogP contribution in [-0.2, 0) is 14.3 Å². The highest BCUT2D eigenvalue weighted by molar-refractivity contribution is 5.81. The Balaban J connectivity index is 2.25. The number of hydrogen-bond donors (Lipinski definition) is 0. The van der Waals surface area contributed by atoms with Gasteiger partial charge in [0, 0.05) is 26.1 Å². The van der Waals surface area contributed by atoms with Crippen molar-refractivity contribution >= 4 is 5.78 Å². The Hall–Kier alpha value is -0.410. The second-order valence-corrected chi connectivity index (χ2v) is 6.75. The van der Waals surface area contributed by atoms with Gasteiger partial charge in [-0.2, -0.15) is 0 Å². The predicted molar refractivity (Wildman–Crippen MR) is 77.2 cm³/mol. The zero-order chi connectivity index (χ0) is 14.3. The molecule has 2 atom stereocenters. The van der Waals surface area contributed by atoms with E-state index in [-0.39, 0.29) is 5.92 Å². The number of ether oxygens (including phenoxy) is 2. The van der Waals surface area contributed by atoms with Gasteiger partial charge in [0.05, 0.1) is 13.2 Å². The van der Waals surface area contributed by atoms with Crippen LogP contribution in [0.4, 0.5) is 0 Å². The van der Waals surface area contributed by atoms with E-state index in [1.807, 2.05) is 0 Å². The highest BCUT2D eigenvalue weighted by atomic mass is 16.5. The van der Waals surface area contributed by atoms with E-state index in [1.54, 1.807) is 7.11 Å². The van der Waals surface area contributed by atoms with E-state index in [4.69, 9.17) is 9.47 Å². The van der Waals surface area contributed by atoms with Crippen LogP contribution in [-0.4, -0.2) is 32.7 Å². The first-order valence-electron chi connectivity index (χ1n) is 7.54. The number of carbonyl (C=O) groups is 1. The van der Waals surface area contributed by atoms with Gasteiger partial charge in [0.25, 0.3) is 0 Å². The summed E-state index contributed by atoms with van der Waals surface area (Å²) in [5.41, 5.74) is 0.327. The summed E-state index contributed by atoms with van der Waals surface area (Å²) in [5, 5.41) is 0. The van der Waals surface area contributed by atoms with E-state index in [2.05, 4.69) is 20.8 Å². The van der Waals surface area contributed by atoms with E-state index in [1.165, 1.54) is 0 Å². The fourth-order valence-corrected chi connectivity index (χ4v) is 2.85. The van der Waals surface area contributed by atoms with Crippen LogP contribution < -0.4 is 0 Å². The van der Waals surface area contributed by atoms with Crippen molar-refractivity contribution in [2.45, 2.75) is 52.9 Å². The van der Waals surface area contributed by atoms with E-state index in [0.29, 0.717) is 30.3 Å². The van der Waals surface area contributed by atoms with Crippen molar-refractivity contribution in [3.05, 3.63) is 0 Å². The third kappa shape index (κ3) is 6.05. The fourth-order valence-electron chi connectivity index (χ4n) is 2.85. The van der Waals surface area contributed by atoms with Crippen molar-refractivity contribution in [2.75, 3.05) is 26.9 Å². The number of methoxy groups -OCH3 is 1. The fraction of sp³-hybridized carbons (Fsp3) is 0.938. The van der Waals surface area contributed by atoms with Crippen LogP contribution in [0.5, 0.6) is 0 Å². The second kappa shape index (κ2) is 8.01. The van der Waals surface area contributed by atoms with Gasteiger partial charge in [0.1, 0.15) is 5.78 Å². The number of rotatable bonds is 7. The molecule has 3 nitrogen and oxygen atoms in total. The maximum atomic E-state index is 12.0. The van der Waals surface area contributed by atoms with Crippen molar-refractivity contribution in [3.8, 4) is 0 Å². The summed E-state index contributed by atoms with van der Waals surface area (Å²) in [4.78, 5) is 12.0. The van der Waals surface area contributed by atoms with Crippen LogP contribution in [0.3, 0.4) is 0 Å². The minimum absolute atomic E-state index is 0.268. The lowest BCUT2D eigenvalue weighted by Crippen LogP contribution is -2.32. The Bertz CT molecular complexity index is 268. The third-order valence-electron chi connectivity index (χ3n) is 4.26. The molecule has 0 saturated heterocycles. The first-order chi connectivity index (χ1) is 8.95. The first kappa shape index (κ1) is 16.6. The van der Waals surface area contributed by atoms with Gasteiger partial charge in [-0.05, 0) is 37.0 Å². The molecular formula is C16H30O3. The summed E-state index contributed by atoms with van der Waals surface area (Å²) < 4.78 is 10.4. The van der Waals surface area contributed by atoms with Crippen LogP contribution in [0.25, 0.3) is 0 Å². The topological polar surface area (TPSA) is 35.5 Å². The molecule has 0 N–H and O–H groups in total. The molecule has 0 aromatic rings. The van der Waals surface area contributed by atoms with Crippen molar-refractivity contribution in [1.29, 1.82) is 0 Å². The van der Waals surface area contributed by atoms with Crippen LogP contribution in [0, 0.1) is 17.3 Å². The van der Waals surface area contributed by atoms with Crippen LogP contribution in [0.2, 0.25) is 0 Å². The highest BCUT2D eigenvalue weighted by Gasteiger charge is 2.34. The maximum Gasteiger partial charge on any atom is 0.135 e. The minimum Gasteiger partial charge on any atom is -0.382 e. The molecule has 0 aromatic carbocycles. The first-order valence-corrected chi connectivity index (χ1v) is 7.54. The normalized spacial score (nSPS) is 24.7. The molecule has 1 aliphatic rings. The summed E-state index contributed by atoms with van der Waals surface area (Å²) in [6.07, 6.45) is 4.89. The third-order valence-corrected chi connectivity index (χ3v) is 4.26. The van der Waals surface area contributed by atoms with Crippen LogP contribution >= 0.6 is 0 Å². The van der Waals surface area contributed by atoms with Crippen molar-refractivity contribution in [1.82, 2.24) is 0 Å². The summed E-state index contributed by atoms with van der Waals surface area (Å²) in [6, 6.07) is 0. The van der Waals surface area contributed by atoms with Gasteiger partial charge in [-0.25, -0.2) is 0 Å². The summed E-state index contributed by atoms with van der Waals surface area (Å²) in [6.45, 7) is 8.91. The Morgan fingerprint density at radius 3 is 2.58 bits per heavy atom. The van der Waals surface area contributed by atoms with Crippen LogP contribution in [0.1, 0.15) is 52.9 Å². The molecular weight excluding hydrogens is 240 g/mol. The predicted octanol–water partition coefficient (Wildman–Crippen LogP) is 3.46. The molecule has 19 heavy (non-hydrogen) atoms. The van der Waals surface area contributed by atoms with Crippen molar-refractivity contribution < 1.29 is 14.3 Å². The molecule has 1 rings (SSSR count). The maximum absolute atomic E-state index is 12.0. The van der Waals surface area contributed by atoms with Gasteiger partial charge < -0.3 is 9.47 Å². The number of Topliss-reactive ketones (excluding diaryl/α,β-unsaturated/α-hetero) is 1. The molecule has 1 fully saturated rings. The van der Waals surface area contributed by atoms with Crippen molar-refractivity contribution in [2.24, 2.45) is 17.3 Å². The van der Waals surface area contributed by atoms with Gasteiger partial charge in [-0.3, -0.25) is 4.79 Å². The largest absolute Gasteiger partial charge is 0.382 e. The Morgan fingerprint density at radius 1 is 1.21 bits per heavy atom. The molecule has 0 bridgehead atoms. The van der Waals surface area contributed by atoms with Gasteiger partial charge in [0.2, 0.25) is 0 Å². The van der Waals surface area contributed by atoms with E-state index < -0.39 is 0 Å². The smallest absolute Gasteiger partial charge is 0.135 e. The van der Waals surface area contributed by atoms with E-state index in [9.17, 15) is 4.79 Å². The molecule has 0 heterocycles. The molecule has 0 aromatic heterocycles. The summed E-state index contributed by atoms with van der Waals surface area (Å²) in [7, 11) is 1.68. The van der Waals surface area contributed by atoms with Crippen molar-refractivity contribution in [3.63, 3.8) is 0 Å². The summed E-state index contributed by atoms with van der Waals surface area (Å²) in [5.74, 6) is 1.42. The quantitative estimate of drug-likeness (QED) is 0.665. The minimum atomic E-state index is 0.268. The molecule has 0 aliphatic heterocycles. The SMILES string of the molecule is COCCOCCCC1CC(C(C)(C)C)CCC1=O. The molecule has 3 heteroatoms. The lowest BCUT2D eigenvalue weighted by atomic mass is 9.68. The number of ketones is 1. The Kier molecular flexibility index (Phi) is 7.01. The van der Waals surface area contributed by atoms with E-state index in [0.717, 1.165) is 38.7 Å². The molecule has 112 valence electrons. The molecule has 2 unspecified atom stereocenters. The molecule has 0 spiro atoms. The zero-order valence-corrected chi connectivity index (χ0v) is 13.0. The standard InChI is InChI=1S/C16H30O3/c1-16(2,3)14-7-8-15(17)13(12-14)6-5-9-19-11-10-18-4/h13-14H,5-12H2,1-4H3. The molecule has 1 saturated carbocycles. The average molecular weight is 270 g/mol. The average Bonchev–Trinajstić information content (AvgIpc) is 2.34. The van der Waals surface area contributed by atoms with Gasteiger partial charge >= 0.3 is 0 Å². The second-order valence-electron chi connectivity index (χ2n) is 6.75. The molecule has 1 aliphatic carbocycles. The lowest BCUT2D eigenvalue weighted by Gasteiger charge is -2.37. The molecule has 0 radical (unpaired) electrons. The lowest BCUT2D eigenvalue weighted by molar-refractivity contribution is -0.127. The Labute approximate surface area is 118 Å². The highest BCUT2D eigenvalue weighted by Crippen LogP contribution is 2.40. The number of hydrogen-bond acceptors (Lipinski definition) is 3. The monoisotopic (exact) mass is 270 g/mol. The Morgan fingerprint density at radius 2 is 1.95 bits per heavy atom. The zero-order valence-electron chi connectivity index (χ0n) is 13.0. The molecule has 0 amide bonds. The summed E-state index contributed by atoms with van der Waals surface area (Å²) >= 11 is 0. The van der Waals surface area contributed by atoms with Crippen LogP contribution in [0.15, 0.2) is 0 Å². The number of carbonyl (C=O) groups excluding carboxylic acids is 1. The van der Waals surface area contributed by atoms with Gasteiger partial charge in [0.15, 0.2) is 0 Å². The van der Waals surface area contributed by atoms with E-state index >= 15 is 0 Å². The van der Waals surface area contributed by atoms with Gasteiger partial charge in [-0.1, -0.05) is 20.8 Å². The van der Waals surface area contributed by atoms with Gasteiger partial charge in [-0.15, -0.1) is 0 Å².